The topological polar surface area (TPSA) is 47.3 Å². The normalized spacial score (nSPS) is 14.1. The van der Waals surface area contributed by atoms with E-state index in [-0.39, 0.29) is 0 Å². The zero-order chi connectivity index (χ0) is 15.3. The van der Waals surface area contributed by atoms with Crippen LogP contribution in [-0.2, 0) is 16.9 Å². The van der Waals surface area contributed by atoms with Gasteiger partial charge in [-0.2, -0.15) is 5.10 Å². The number of alkyl halides is 1. The highest BCUT2D eigenvalue weighted by Crippen LogP contribution is 2.37. The van der Waals surface area contributed by atoms with E-state index in [1.165, 1.54) is 6.20 Å². The summed E-state index contributed by atoms with van der Waals surface area (Å²) in [6.07, 6.45) is 1.88. The van der Waals surface area contributed by atoms with E-state index in [0.29, 0.717) is 36.2 Å². The lowest BCUT2D eigenvalue weighted by Crippen LogP contribution is -2.32. The minimum Gasteiger partial charge on any atom is -0.383 e. The van der Waals surface area contributed by atoms with Crippen molar-refractivity contribution >= 4 is 23.2 Å². The van der Waals surface area contributed by atoms with E-state index in [4.69, 9.17) is 27.9 Å². The second kappa shape index (κ2) is 7.27. The first-order valence-corrected chi connectivity index (χ1v) is 7.59. The van der Waals surface area contributed by atoms with E-state index in [0.717, 1.165) is 5.56 Å². The van der Waals surface area contributed by atoms with E-state index in [2.05, 4.69) is 5.10 Å². The van der Waals surface area contributed by atoms with Crippen molar-refractivity contribution in [1.82, 2.24) is 9.78 Å². The monoisotopic (exact) mass is 328 g/mol. The first-order chi connectivity index (χ1) is 10.1. The Hall–Kier alpha value is -1.07. The molecule has 0 fully saturated rings. The lowest BCUT2D eigenvalue weighted by Gasteiger charge is -2.29. The van der Waals surface area contributed by atoms with Crippen LogP contribution in [0, 0.1) is 0 Å². The quantitative estimate of drug-likeness (QED) is 0.794. The highest BCUT2D eigenvalue weighted by Gasteiger charge is 2.36. The van der Waals surface area contributed by atoms with Crippen LogP contribution in [0.2, 0.25) is 5.02 Å². The molecule has 1 aromatic carbocycles. The lowest BCUT2D eigenvalue weighted by atomic mass is 9.87. The van der Waals surface area contributed by atoms with Crippen molar-refractivity contribution in [3.63, 3.8) is 0 Å². The molecule has 6 heteroatoms. The van der Waals surface area contributed by atoms with Crippen LogP contribution in [0.15, 0.2) is 36.5 Å². The predicted molar refractivity (Wildman–Crippen MR) is 83.9 cm³/mol. The smallest absolute Gasteiger partial charge is 0.134 e. The predicted octanol–water partition coefficient (Wildman–Crippen LogP) is 3.05. The van der Waals surface area contributed by atoms with Gasteiger partial charge in [-0.1, -0.05) is 41.9 Å². The number of hydrogen-bond donors (Lipinski definition) is 1. The van der Waals surface area contributed by atoms with E-state index in [1.807, 2.05) is 30.3 Å². The second-order valence-electron chi connectivity index (χ2n) is 4.72. The molecule has 0 aliphatic carbocycles. The van der Waals surface area contributed by atoms with Crippen LogP contribution in [0.25, 0.3) is 0 Å². The maximum Gasteiger partial charge on any atom is 0.134 e. The van der Waals surface area contributed by atoms with Crippen molar-refractivity contribution < 1.29 is 9.84 Å². The summed E-state index contributed by atoms with van der Waals surface area (Å²) in [5.74, 6) is 0.303. The van der Waals surface area contributed by atoms with Crippen LogP contribution >= 0.6 is 23.2 Å². The van der Waals surface area contributed by atoms with Crippen molar-refractivity contribution in [3.05, 3.63) is 52.8 Å². The molecule has 2 rings (SSSR count). The van der Waals surface area contributed by atoms with Crippen molar-refractivity contribution in [1.29, 1.82) is 0 Å². The number of methoxy groups -OCH3 is 1. The fraction of sp³-hybridized carbons (Fsp3) is 0.400. The van der Waals surface area contributed by atoms with Gasteiger partial charge in [0.2, 0.25) is 0 Å². The minimum atomic E-state index is -1.27. The lowest BCUT2D eigenvalue weighted by molar-refractivity contribution is 0.0653. The van der Waals surface area contributed by atoms with Gasteiger partial charge in [-0.3, -0.25) is 4.68 Å². The number of halogens is 2. The summed E-state index contributed by atoms with van der Waals surface area (Å²) >= 11 is 12.2. The summed E-state index contributed by atoms with van der Waals surface area (Å²) in [5.41, 5.74) is 0.0180. The molecule has 114 valence electrons. The molecule has 0 saturated carbocycles. The molecule has 1 aromatic heterocycles. The Morgan fingerprint density at radius 2 is 2.05 bits per heavy atom. The van der Waals surface area contributed by atoms with Gasteiger partial charge in [0.05, 0.1) is 30.1 Å². The molecule has 0 bridgehead atoms. The molecule has 21 heavy (non-hydrogen) atoms. The molecule has 0 radical (unpaired) electrons. The number of aromatic nitrogens is 2. The number of rotatable bonds is 7. The Morgan fingerprint density at radius 1 is 1.33 bits per heavy atom. The van der Waals surface area contributed by atoms with Crippen molar-refractivity contribution in [2.24, 2.45) is 0 Å². The van der Waals surface area contributed by atoms with E-state index in [9.17, 15) is 5.11 Å². The third-order valence-electron chi connectivity index (χ3n) is 3.40. The maximum atomic E-state index is 11.2. The third kappa shape index (κ3) is 3.40. The summed E-state index contributed by atoms with van der Waals surface area (Å²) in [6.45, 7) is 0.993. The van der Waals surface area contributed by atoms with Gasteiger partial charge in [0, 0.05) is 13.0 Å². The highest BCUT2D eigenvalue weighted by atomic mass is 35.5. The summed E-state index contributed by atoms with van der Waals surface area (Å²) < 4.78 is 6.75. The standard InChI is InChI=1S/C15H18Cl2N2O2/c1-21-10-9-19-14(13(17)11-18-19)15(20,7-8-16)12-5-3-2-4-6-12/h2-6,11,20H,7-10H2,1H3. The third-order valence-corrected chi connectivity index (χ3v) is 3.87. The van der Waals surface area contributed by atoms with Gasteiger partial charge in [-0.25, -0.2) is 0 Å². The molecule has 0 spiro atoms. The molecule has 1 N–H and O–H groups in total. The first kappa shape index (κ1) is 16.3. The van der Waals surface area contributed by atoms with Crippen LogP contribution in [0.3, 0.4) is 0 Å². The Balaban J connectivity index is 2.50. The van der Waals surface area contributed by atoms with Crippen molar-refractivity contribution in [2.75, 3.05) is 19.6 Å². The van der Waals surface area contributed by atoms with E-state index >= 15 is 0 Å². The molecular formula is C15H18Cl2N2O2. The first-order valence-electron chi connectivity index (χ1n) is 6.68. The number of ether oxygens (including phenoxy) is 1. The van der Waals surface area contributed by atoms with Gasteiger partial charge < -0.3 is 9.84 Å². The summed E-state index contributed by atoms with van der Waals surface area (Å²) in [4.78, 5) is 0. The average molecular weight is 329 g/mol. The van der Waals surface area contributed by atoms with Crippen LogP contribution in [0.1, 0.15) is 17.7 Å². The number of aliphatic hydroxyl groups is 1. The van der Waals surface area contributed by atoms with Crippen LogP contribution < -0.4 is 0 Å². The Morgan fingerprint density at radius 3 is 2.67 bits per heavy atom. The Bertz CT molecular complexity index is 574. The van der Waals surface area contributed by atoms with Gasteiger partial charge in [0.25, 0.3) is 0 Å². The fourth-order valence-electron chi connectivity index (χ4n) is 2.37. The van der Waals surface area contributed by atoms with Crippen molar-refractivity contribution in [2.45, 2.75) is 18.6 Å². The largest absolute Gasteiger partial charge is 0.383 e. The number of benzene rings is 1. The summed E-state index contributed by atoms with van der Waals surface area (Å²) in [6, 6.07) is 9.36. The maximum absolute atomic E-state index is 11.2. The van der Waals surface area contributed by atoms with Gasteiger partial charge in [0.15, 0.2) is 0 Å². The van der Waals surface area contributed by atoms with Gasteiger partial charge in [-0.05, 0) is 12.0 Å². The molecule has 4 nitrogen and oxygen atoms in total. The van der Waals surface area contributed by atoms with Gasteiger partial charge in [0.1, 0.15) is 5.60 Å². The van der Waals surface area contributed by atoms with Crippen LogP contribution in [0.5, 0.6) is 0 Å². The molecule has 1 heterocycles. The molecule has 0 amide bonds. The van der Waals surface area contributed by atoms with E-state index < -0.39 is 5.60 Å². The summed E-state index contributed by atoms with van der Waals surface area (Å²) in [5, 5.41) is 15.9. The second-order valence-corrected chi connectivity index (χ2v) is 5.51. The molecule has 0 aliphatic rings. The minimum absolute atomic E-state index is 0.303. The molecule has 0 aliphatic heterocycles. The molecule has 1 atom stereocenters. The number of hydrogen-bond acceptors (Lipinski definition) is 3. The number of nitrogens with zero attached hydrogens (tertiary/aromatic N) is 2. The molecule has 1 unspecified atom stereocenters. The SMILES string of the molecule is COCCn1ncc(Cl)c1C(O)(CCCl)c1ccccc1. The zero-order valence-electron chi connectivity index (χ0n) is 11.8. The molecule has 2 aromatic rings. The van der Waals surface area contributed by atoms with Gasteiger partial charge in [-0.15, -0.1) is 11.6 Å². The van der Waals surface area contributed by atoms with Gasteiger partial charge >= 0.3 is 0 Å². The Labute approximate surface area is 134 Å². The van der Waals surface area contributed by atoms with Crippen LogP contribution in [-0.4, -0.2) is 34.5 Å². The fourth-order valence-corrected chi connectivity index (χ4v) is 2.94. The van der Waals surface area contributed by atoms with Crippen molar-refractivity contribution in [3.8, 4) is 0 Å². The molecule has 0 saturated heterocycles. The highest BCUT2D eigenvalue weighted by molar-refractivity contribution is 6.31. The van der Waals surface area contributed by atoms with E-state index in [1.54, 1.807) is 11.8 Å². The average Bonchev–Trinajstić information content (AvgIpc) is 2.87. The Kier molecular flexibility index (Phi) is 5.65. The van der Waals surface area contributed by atoms with Crippen LogP contribution in [0.4, 0.5) is 0 Å². The summed E-state index contributed by atoms with van der Waals surface area (Å²) in [7, 11) is 1.62. The molecular weight excluding hydrogens is 311 g/mol. The zero-order valence-corrected chi connectivity index (χ0v) is 13.3.